The summed E-state index contributed by atoms with van der Waals surface area (Å²) in [7, 11) is 9.41. The molecule has 0 saturated carbocycles. The van der Waals surface area contributed by atoms with Crippen LogP contribution < -0.4 is 28.4 Å². The molecule has 292 valence electrons. The van der Waals surface area contributed by atoms with E-state index in [4.69, 9.17) is 28.4 Å². The minimum absolute atomic E-state index is 0.0767. The Kier molecular flexibility index (Phi) is 11.1. The molecule has 0 aromatic heterocycles. The number of likely N-dealkylation sites (tertiary alicyclic amines) is 1. The molecule has 4 aromatic rings. The first-order chi connectivity index (χ1) is 26.8. The minimum Gasteiger partial charge on any atom is -0.493 e. The van der Waals surface area contributed by atoms with Gasteiger partial charge < -0.3 is 38.4 Å². The molecule has 9 rings (SSSR count). The number of nitrogens with zero attached hydrogens (tertiary/aromatic N) is 3. The average molecular weight is 750 g/mol. The molecular weight excluding hydrogens is 695 g/mol. The fraction of sp³-hybridized carbons (Fsp3) is 0.467. The number of hydrogen-bond donors (Lipinski definition) is 1. The first kappa shape index (κ1) is 37.4. The van der Waals surface area contributed by atoms with Crippen molar-refractivity contribution in [3.8, 4) is 46.0 Å². The Labute approximate surface area is 325 Å². The maximum absolute atomic E-state index is 11.3. The summed E-state index contributed by atoms with van der Waals surface area (Å²) in [5, 5.41) is 11.3. The van der Waals surface area contributed by atoms with Crippen molar-refractivity contribution in [1.29, 1.82) is 0 Å². The topological polar surface area (TPSA) is 85.3 Å². The van der Waals surface area contributed by atoms with Crippen molar-refractivity contribution in [3.05, 3.63) is 94.0 Å². The van der Waals surface area contributed by atoms with Gasteiger partial charge in [-0.2, -0.15) is 0 Å². The van der Waals surface area contributed by atoms with Gasteiger partial charge in [-0.1, -0.05) is 24.6 Å². The van der Waals surface area contributed by atoms with Crippen molar-refractivity contribution in [2.24, 2.45) is 0 Å². The number of fused-ring (bicyclic) bond motifs is 2. The van der Waals surface area contributed by atoms with Crippen molar-refractivity contribution < 1.29 is 33.5 Å². The molecule has 0 spiro atoms. The van der Waals surface area contributed by atoms with Crippen molar-refractivity contribution >= 4 is 0 Å². The van der Waals surface area contributed by atoms with Gasteiger partial charge in [-0.15, -0.1) is 0 Å². The number of rotatable bonds is 8. The van der Waals surface area contributed by atoms with Gasteiger partial charge in [0.15, 0.2) is 34.5 Å². The first-order valence-corrected chi connectivity index (χ1v) is 19.8. The number of likely N-dealkylation sites (N-methyl/N-ethyl adjacent to an activating group) is 2. The van der Waals surface area contributed by atoms with Gasteiger partial charge in [-0.05, 0) is 136 Å². The molecule has 3 unspecified atom stereocenters. The van der Waals surface area contributed by atoms with E-state index in [1.165, 1.54) is 23.1 Å². The number of methoxy groups -OCH3 is 3. The van der Waals surface area contributed by atoms with Crippen molar-refractivity contribution in [1.82, 2.24) is 14.7 Å². The largest absolute Gasteiger partial charge is 0.493 e. The zero-order valence-corrected chi connectivity index (χ0v) is 32.9. The number of piperidine rings is 1. The van der Waals surface area contributed by atoms with E-state index in [0.29, 0.717) is 53.2 Å². The lowest BCUT2D eigenvalue weighted by molar-refractivity contribution is 0.0598. The van der Waals surface area contributed by atoms with Crippen LogP contribution in [-0.4, -0.2) is 101 Å². The van der Waals surface area contributed by atoms with Gasteiger partial charge in [0.25, 0.3) is 0 Å². The van der Waals surface area contributed by atoms with Crippen LogP contribution >= 0.6 is 0 Å². The molecule has 5 aliphatic heterocycles. The second kappa shape index (κ2) is 16.3. The van der Waals surface area contributed by atoms with Crippen LogP contribution in [-0.2, 0) is 25.7 Å². The second-order valence-corrected chi connectivity index (χ2v) is 15.6. The van der Waals surface area contributed by atoms with E-state index in [0.717, 1.165) is 80.7 Å². The van der Waals surface area contributed by atoms with Crippen molar-refractivity contribution in [2.75, 3.05) is 74.8 Å². The van der Waals surface area contributed by atoms with Crippen LogP contribution in [0.25, 0.3) is 0 Å². The third-order valence-electron chi connectivity index (χ3n) is 12.0. The molecule has 0 aliphatic carbocycles. The van der Waals surface area contributed by atoms with E-state index in [1.54, 1.807) is 21.3 Å². The number of aliphatic hydroxyl groups excluding tert-OH is 1. The van der Waals surface area contributed by atoms with E-state index in [-0.39, 0.29) is 18.7 Å². The van der Waals surface area contributed by atoms with Crippen LogP contribution in [0.4, 0.5) is 0 Å². The maximum atomic E-state index is 11.3. The lowest BCUT2D eigenvalue weighted by Gasteiger charge is -2.37. The van der Waals surface area contributed by atoms with Crippen LogP contribution in [0.2, 0.25) is 0 Å². The molecule has 1 N–H and O–H groups in total. The third-order valence-corrected chi connectivity index (χ3v) is 12.0. The zero-order chi connectivity index (χ0) is 38.1. The number of β-amino-alcohol motifs (C(OH)–C–C–N with tert-alkyl or cyclic N) is 1. The molecule has 5 heterocycles. The molecule has 1 saturated heterocycles. The number of hydrogen-bond acceptors (Lipinski definition) is 10. The van der Waals surface area contributed by atoms with E-state index >= 15 is 0 Å². The van der Waals surface area contributed by atoms with Crippen molar-refractivity contribution in [3.63, 3.8) is 0 Å². The van der Waals surface area contributed by atoms with Gasteiger partial charge in [0.2, 0.25) is 5.75 Å². The summed E-state index contributed by atoms with van der Waals surface area (Å²) in [6, 6.07) is 21.1. The van der Waals surface area contributed by atoms with Gasteiger partial charge in [0, 0.05) is 37.3 Å². The molecule has 5 aliphatic rings. The number of ether oxygens (including phenoxy) is 6. The predicted octanol–water partition coefficient (Wildman–Crippen LogP) is 7.38. The summed E-state index contributed by atoms with van der Waals surface area (Å²) in [5.74, 6) is 5.07. The Hall–Kier alpha value is -4.48. The third kappa shape index (κ3) is 7.83. The first-order valence-electron chi connectivity index (χ1n) is 19.8. The number of aliphatic hydroxyl groups is 1. The fourth-order valence-corrected chi connectivity index (χ4v) is 8.89. The molecule has 0 amide bonds. The van der Waals surface area contributed by atoms with Gasteiger partial charge in [-0.25, -0.2) is 0 Å². The normalized spacial score (nSPS) is 20.6. The molecule has 0 radical (unpaired) electrons. The summed E-state index contributed by atoms with van der Waals surface area (Å²) >= 11 is 0. The van der Waals surface area contributed by atoms with Gasteiger partial charge in [0.05, 0.1) is 21.3 Å². The van der Waals surface area contributed by atoms with Crippen LogP contribution in [0, 0.1) is 0 Å². The Balaban J connectivity index is 1.29. The highest BCUT2D eigenvalue weighted by atomic mass is 16.6. The zero-order valence-electron chi connectivity index (χ0n) is 32.9. The van der Waals surface area contributed by atoms with E-state index in [9.17, 15) is 5.11 Å². The fourth-order valence-electron chi connectivity index (χ4n) is 8.89. The van der Waals surface area contributed by atoms with Crippen LogP contribution in [0.5, 0.6) is 46.0 Å². The highest BCUT2D eigenvalue weighted by Gasteiger charge is 2.35. The Morgan fingerprint density at radius 1 is 0.691 bits per heavy atom. The Bertz CT molecular complexity index is 1980. The molecule has 1 fully saturated rings. The molecular formula is C45H55N3O7. The highest BCUT2D eigenvalue weighted by Crippen LogP contribution is 2.52. The van der Waals surface area contributed by atoms with E-state index < -0.39 is 6.10 Å². The lowest BCUT2D eigenvalue weighted by atomic mass is 9.87. The predicted molar refractivity (Wildman–Crippen MR) is 213 cm³/mol. The monoisotopic (exact) mass is 749 g/mol. The maximum Gasteiger partial charge on any atom is 0.204 e. The quantitative estimate of drug-likeness (QED) is 0.197. The molecule has 6 bridgehead atoms. The highest BCUT2D eigenvalue weighted by molar-refractivity contribution is 5.64. The standard InChI is InChI=1S/C45H55N3O7/c1-46-19-15-31-24-39(51-4)41-26-35(31)36(46)21-29-9-12-34(13-10-29)54-40-23-30(11-14-38(40)50-3)22-37-43-32(16-20-47(37)2)25-42(52-5)44(45(43)55-41)53-28-33(49)27-48-17-7-6-8-18-48/h9-14,23-26,33,36-37,49H,6-8,15-22,27-28H2,1-5H3. The summed E-state index contributed by atoms with van der Waals surface area (Å²) in [4.78, 5) is 7.14. The minimum atomic E-state index is -0.676. The summed E-state index contributed by atoms with van der Waals surface area (Å²) in [6.45, 7) is 4.46. The molecule has 3 atom stereocenters. The molecule has 10 nitrogen and oxygen atoms in total. The van der Waals surface area contributed by atoms with Gasteiger partial charge in [-0.3, -0.25) is 9.80 Å². The van der Waals surface area contributed by atoms with Crippen LogP contribution in [0.3, 0.4) is 0 Å². The van der Waals surface area contributed by atoms with Crippen LogP contribution in [0.15, 0.2) is 60.7 Å². The lowest BCUT2D eigenvalue weighted by Crippen LogP contribution is -2.38. The van der Waals surface area contributed by atoms with Crippen molar-refractivity contribution in [2.45, 2.75) is 63.1 Å². The molecule has 55 heavy (non-hydrogen) atoms. The summed E-state index contributed by atoms with van der Waals surface area (Å²) in [6.07, 6.45) is 6.11. The Morgan fingerprint density at radius 3 is 2.09 bits per heavy atom. The number of benzene rings is 4. The average Bonchev–Trinajstić information content (AvgIpc) is 3.20. The van der Waals surface area contributed by atoms with Gasteiger partial charge >= 0.3 is 0 Å². The second-order valence-electron chi connectivity index (χ2n) is 15.6. The SMILES string of the molecule is COc1ccc2cc1Oc1ccc(cc1)CC1c3cc(c(OC)cc3CCN1C)Oc1c(OCC(O)CN3CCCCC3)c(OC)cc3c1C(C2)N(C)CC3. The summed E-state index contributed by atoms with van der Waals surface area (Å²) < 4.78 is 38.3. The smallest absolute Gasteiger partial charge is 0.204 e. The Morgan fingerprint density at radius 2 is 1.35 bits per heavy atom. The van der Waals surface area contributed by atoms with Gasteiger partial charge in [0.1, 0.15) is 18.5 Å². The van der Waals surface area contributed by atoms with E-state index in [1.807, 2.05) is 18.2 Å². The van der Waals surface area contributed by atoms with E-state index in [2.05, 4.69) is 71.3 Å². The molecule has 4 aromatic carbocycles. The van der Waals surface area contributed by atoms with Crippen LogP contribution in [0.1, 0.15) is 64.7 Å². The summed E-state index contributed by atoms with van der Waals surface area (Å²) in [5.41, 5.74) is 6.97. The molecule has 10 heteroatoms.